The van der Waals surface area contributed by atoms with Gasteiger partial charge in [0.2, 0.25) is 11.8 Å². The van der Waals surface area contributed by atoms with Gasteiger partial charge in [-0.2, -0.15) is 0 Å². The van der Waals surface area contributed by atoms with Crippen LogP contribution in [0.4, 0.5) is 0 Å². The Kier molecular flexibility index (Phi) is 8.67. The van der Waals surface area contributed by atoms with Crippen molar-refractivity contribution in [1.82, 2.24) is 14.4 Å². The van der Waals surface area contributed by atoms with Crippen LogP contribution in [-0.4, -0.2) is 39.3 Å². The van der Waals surface area contributed by atoms with E-state index >= 15 is 0 Å². The van der Waals surface area contributed by atoms with Gasteiger partial charge >= 0.3 is 0 Å². The second kappa shape index (κ2) is 11.9. The second-order valence-corrected chi connectivity index (χ2v) is 8.18. The van der Waals surface area contributed by atoms with Gasteiger partial charge < -0.3 is 14.4 Å². The molecule has 32 heavy (non-hydrogen) atoms. The average Bonchev–Trinajstić information content (AvgIpc) is 3.21. The number of aryl methyl sites for hydroxylation is 1. The number of benzene rings is 2. The molecule has 0 spiro atoms. The van der Waals surface area contributed by atoms with E-state index in [1.54, 1.807) is 4.90 Å². The highest BCUT2D eigenvalue weighted by molar-refractivity contribution is 5.86. The molecule has 0 saturated heterocycles. The largest absolute Gasteiger partial charge is 0.353 e. The number of hydrogen-bond acceptors (Lipinski definition) is 2. The fraction of sp³-hybridized carbons (Fsp3) is 0.333. The van der Waals surface area contributed by atoms with Crippen LogP contribution in [0.15, 0.2) is 79.0 Å². The van der Waals surface area contributed by atoms with Gasteiger partial charge in [0.25, 0.3) is 0 Å². The van der Waals surface area contributed by atoms with Gasteiger partial charge in [-0.3, -0.25) is 9.59 Å². The number of nitrogens with zero attached hydrogens (tertiary/aromatic N) is 3. The lowest BCUT2D eigenvalue weighted by atomic mass is 10.1. The molecule has 1 aromatic heterocycles. The molecule has 168 valence electrons. The third-order valence-corrected chi connectivity index (χ3v) is 5.63. The zero-order valence-electron chi connectivity index (χ0n) is 19.1. The molecule has 0 saturated carbocycles. The van der Waals surface area contributed by atoms with Gasteiger partial charge in [-0.25, -0.2) is 0 Å². The van der Waals surface area contributed by atoms with Crippen LogP contribution in [0.5, 0.6) is 0 Å². The maximum atomic E-state index is 13.4. The second-order valence-electron chi connectivity index (χ2n) is 8.18. The average molecular weight is 432 g/mol. The molecular formula is C27H33N3O2. The Morgan fingerprint density at radius 1 is 0.781 bits per heavy atom. The monoisotopic (exact) mass is 431 g/mol. The van der Waals surface area contributed by atoms with Gasteiger partial charge in [-0.15, -0.1) is 0 Å². The molecule has 5 heteroatoms. The summed E-state index contributed by atoms with van der Waals surface area (Å²) in [6, 6.07) is 23.7. The van der Waals surface area contributed by atoms with Crippen molar-refractivity contribution in [2.75, 3.05) is 13.1 Å². The molecule has 0 aliphatic carbocycles. The Labute approximate surface area is 191 Å². The predicted octanol–water partition coefficient (Wildman–Crippen LogP) is 4.43. The maximum Gasteiger partial charge on any atom is 0.242 e. The molecular weight excluding hydrogens is 398 g/mol. The molecule has 5 nitrogen and oxygen atoms in total. The van der Waals surface area contributed by atoms with E-state index in [0.29, 0.717) is 26.1 Å². The molecule has 2 amide bonds. The summed E-state index contributed by atoms with van der Waals surface area (Å²) < 4.78 is 2.03. The summed E-state index contributed by atoms with van der Waals surface area (Å²) in [6.45, 7) is 3.81. The number of carbonyl (C=O) groups excluding carboxylic acids is 2. The van der Waals surface area contributed by atoms with Crippen LogP contribution in [0, 0.1) is 0 Å². The molecule has 3 aromatic rings. The Balaban J connectivity index is 1.75. The van der Waals surface area contributed by atoms with Crippen LogP contribution in [0.3, 0.4) is 0 Å². The van der Waals surface area contributed by atoms with E-state index in [0.717, 1.165) is 29.7 Å². The Hall–Kier alpha value is -3.34. The molecule has 0 fully saturated rings. The van der Waals surface area contributed by atoms with Crippen molar-refractivity contribution in [2.24, 2.45) is 7.05 Å². The zero-order chi connectivity index (χ0) is 22.8. The molecule has 2 aromatic carbocycles. The van der Waals surface area contributed by atoms with Gasteiger partial charge in [-0.05, 0) is 29.7 Å². The summed E-state index contributed by atoms with van der Waals surface area (Å²) in [5, 5.41) is 0. The Morgan fingerprint density at radius 2 is 1.44 bits per heavy atom. The summed E-state index contributed by atoms with van der Waals surface area (Å²) in [4.78, 5) is 30.1. The van der Waals surface area contributed by atoms with E-state index < -0.39 is 0 Å². The zero-order valence-corrected chi connectivity index (χ0v) is 19.1. The molecule has 0 aliphatic rings. The van der Waals surface area contributed by atoms with Gasteiger partial charge in [0.1, 0.15) is 0 Å². The Bertz CT molecular complexity index is 982. The molecule has 0 aliphatic heterocycles. The van der Waals surface area contributed by atoms with Crippen molar-refractivity contribution < 1.29 is 9.59 Å². The lowest BCUT2D eigenvalue weighted by Gasteiger charge is -2.28. The highest BCUT2D eigenvalue weighted by atomic mass is 16.2. The summed E-state index contributed by atoms with van der Waals surface area (Å²) in [5.41, 5.74) is 3.10. The summed E-state index contributed by atoms with van der Waals surface area (Å²) in [6.07, 6.45) is 4.15. The minimum Gasteiger partial charge on any atom is -0.353 e. The fourth-order valence-corrected chi connectivity index (χ4v) is 3.68. The SMILES string of the molecule is CCCCN(CC(=O)N(Cc1ccccc1)Cc1cccn1C)C(=O)Cc1ccccc1. The van der Waals surface area contributed by atoms with Crippen LogP contribution in [0.1, 0.15) is 36.6 Å². The number of hydrogen-bond donors (Lipinski definition) is 0. The standard InChI is InChI=1S/C27H33N3O2/c1-3-4-18-29(26(31)19-23-12-7-5-8-13-23)22-27(32)30(20-24-14-9-6-10-15-24)21-25-16-11-17-28(25)2/h5-17H,3-4,18-22H2,1-2H3. The van der Waals surface area contributed by atoms with Crippen molar-refractivity contribution in [3.8, 4) is 0 Å². The summed E-state index contributed by atoms with van der Waals surface area (Å²) in [7, 11) is 1.98. The van der Waals surface area contributed by atoms with Gasteiger partial charge in [0, 0.05) is 32.0 Å². The van der Waals surface area contributed by atoms with Gasteiger partial charge in [0.15, 0.2) is 0 Å². The van der Waals surface area contributed by atoms with Crippen LogP contribution in [0.25, 0.3) is 0 Å². The number of amides is 2. The van der Waals surface area contributed by atoms with Crippen molar-refractivity contribution in [3.63, 3.8) is 0 Å². The summed E-state index contributed by atoms with van der Waals surface area (Å²) in [5.74, 6) is -0.0379. The van der Waals surface area contributed by atoms with Crippen molar-refractivity contribution in [1.29, 1.82) is 0 Å². The molecule has 0 N–H and O–H groups in total. The lowest BCUT2D eigenvalue weighted by Crippen LogP contribution is -2.43. The minimum atomic E-state index is -0.0347. The van der Waals surface area contributed by atoms with E-state index in [1.165, 1.54) is 0 Å². The number of rotatable bonds is 11. The molecule has 3 rings (SSSR count). The molecule has 0 bridgehead atoms. The van der Waals surface area contributed by atoms with Crippen molar-refractivity contribution in [3.05, 3.63) is 95.8 Å². The molecule has 0 unspecified atom stereocenters. The first-order chi connectivity index (χ1) is 15.6. The van der Waals surface area contributed by atoms with Gasteiger partial charge in [-0.1, -0.05) is 74.0 Å². The van der Waals surface area contributed by atoms with Crippen molar-refractivity contribution >= 4 is 11.8 Å². The normalized spacial score (nSPS) is 10.7. The maximum absolute atomic E-state index is 13.4. The van der Waals surface area contributed by atoms with Crippen LogP contribution < -0.4 is 0 Å². The number of aromatic nitrogens is 1. The highest BCUT2D eigenvalue weighted by Gasteiger charge is 2.22. The van der Waals surface area contributed by atoms with Crippen LogP contribution in [0.2, 0.25) is 0 Å². The lowest BCUT2D eigenvalue weighted by molar-refractivity contribution is -0.141. The number of carbonyl (C=O) groups is 2. The van der Waals surface area contributed by atoms with E-state index in [-0.39, 0.29) is 18.4 Å². The highest BCUT2D eigenvalue weighted by Crippen LogP contribution is 2.13. The molecule has 0 radical (unpaired) electrons. The van der Waals surface area contributed by atoms with E-state index in [2.05, 4.69) is 6.92 Å². The molecule has 1 heterocycles. The predicted molar refractivity (Wildman–Crippen MR) is 128 cm³/mol. The smallest absolute Gasteiger partial charge is 0.242 e. The topological polar surface area (TPSA) is 45.6 Å². The van der Waals surface area contributed by atoms with Crippen LogP contribution >= 0.6 is 0 Å². The number of unbranched alkanes of at least 4 members (excludes halogenated alkanes) is 1. The third-order valence-electron chi connectivity index (χ3n) is 5.63. The van der Waals surface area contributed by atoms with Crippen molar-refractivity contribution in [2.45, 2.75) is 39.3 Å². The first kappa shape index (κ1) is 23.3. The third kappa shape index (κ3) is 6.84. The van der Waals surface area contributed by atoms with E-state index in [4.69, 9.17) is 0 Å². The first-order valence-corrected chi connectivity index (χ1v) is 11.3. The van der Waals surface area contributed by atoms with Gasteiger partial charge in [0.05, 0.1) is 19.5 Å². The van der Waals surface area contributed by atoms with Crippen LogP contribution in [-0.2, 0) is 36.1 Å². The van der Waals surface area contributed by atoms with E-state index in [9.17, 15) is 9.59 Å². The quantitative estimate of drug-likeness (QED) is 0.451. The summed E-state index contributed by atoms with van der Waals surface area (Å²) >= 11 is 0. The first-order valence-electron chi connectivity index (χ1n) is 11.3. The van der Waals surface area contributed by atoms with E-state index in [1.807, 2.05) is 95.5 Å². The molecule has 0 atom stereocenters. The fourth-order valence-electron chi connectivity index (χ4n) is 3.68. The minimum absolute atomic E-state index is 0.00322. The Morgan fingerprint density at radius 3 is 2.03 bits per heavy atom.